The minimum absolute atomic E-state index is 0.0109. The number of ether oxygens (including phenoxy) is 1. The molecule has 0 saturated carbocycles. The van der Waals surface area contributed by atoms with E-state index in [-0.39, 0.29) is 32.2 Å². The number of anilines is 1. The Labute approximate surface area is 202 Å². The van der Waals surface area contributed by atoms with Crippen LogP contribution in [-0.2, 0) is 10.0 Å². The first kappa shape index (κ1) is 22.8. The van der Waals surface area contributed by atoms with E-state index in [4.69, 9.17) is 39.5 Å². The fourth-order valence-electron chi connectivity index (χ4n) is 2.81. The molecule has 3 aromatic carbocycles. The number of benzene rings is 3. The molecule has 0 spiro atoms. The van der Waals surface area contributed by atoms with Gasteiger partial charge in [0.05, 0.1) is 30.8 Å². The molecule has 1 heterocycles. The number of halogens is 3. The second-order valence-electron chi connectivity index (χ2n) is 6.65. The molecular weight excluding hydrogens is 515 g/mol. The number of aromatic nitrogens is 1. The number of ketones is 1. The van der Waals surface area contributed by atoms with Crippen LogP contribution in [0, 0.1) is 0 Å². The molecule has 11 heteroatoms. The van der Waals surface area contributed by atoms with Gasteiger partial charge in [-0.1, -0.05) is 58.3 Å². The fraction of sp³-hybridized carbons (Fsp3) is 0.0476. The Morgan fingerprint density at radius 2 is 1.66 bits per heavy atom. The molecule has 0 aliphatic heterocycles. The van der Waals surface area contributed by atoms with Crippen molar-refractivity contribution in [3.8, 4) is 10.9 Å². The van der Waals surface area contributed by atoms with E-state index in [0.29, 0.717) is 21.3 Å². The lowest BCUT2D eigenvalue weighted by atomic mass is 10.2. The zero-order chi connectivity index (χ0) is 23.0. The molecule has 0 aliphatic carbocycles. The van der Waals surface area contributed by atoms with Crippen LogP contribution in [0.25, 0.3) is 10.2 Å². The lowest BCUT2D eigenvalue weighted by Crippen LogP contribution is -2.13. The molecule has 0 amide bonds. The summed E-state index contributed by atoms with van der Waals surface area (Å²) in [5.41, 5.74) is 1.27. The number of fused-ring (bicyclic) bond motifs is 1. The molecule has 4 aromatic rings. The van der Waals surface area contributed by atoms with E-state index in [0.717, 1.165) is 4.70 Å². The van der Waals surface area contributed by atoms with Crippen molar-refractivity contribution in [3.63, 3.8) is 0 Å². The van der Waals surface area contributed by atoms with Gasteiger partial charge in [0.2, 0.25) is 0 Å². The third kappa shape index (κ3) is 4.84. The summed E-state index contributed by atoms with van der Waals surface area (Å²) in [5, 5.41) is 1.08. The third-order valence-corrected chi connectivity index (χ3v) is 7.43. The quantitative estimate of drug-likeness (QED) is 0.271. The molecule has 1 N–H and O–H groups in total. The van der Waals surface area contributed by atoms with Crippen LogP contribution in [-0.4, -0.2) is 19.2 Å². The first-order valence-corrected chi connectivity index (χ1v) is 12.4. The minimum atomic E-state index is -3.92. The van der Waals surface area contributed by atoms with E-state index in [2.05, 4.69) is 9.71 Å². The van der Waals surface area contributed by atoms with Crippen LogP contribution in [0.15, 0.2) is 59.5 Å². The first-order chi connectivity index (χ1) is 15.1. The van der Waals surface area contributed by atoms with Gasteiger partial charge in [-0.15, -0.1) is 0 Å². The molecule has 164 valence electrons. The summed E-state index contributed by atoms with van der Waals surface area (Å²) >= 11 is 19.9. The molecule has 4 rings (SSSR count). The molecule has 0 saturated heterocycles. The van der Waals surface area contributed by atoms with E-state index in [1.807, 2.05) is 0 Å². The van der Waals surface area contributed by atoms with Gasteiger partial charge >= 0.3 is 0 Å². The SMILES string of the molecule is CC(=O)c1ccc(S(=O)(=O)Nc2cc(Cl)c(Oc3nc4ccc(Cl)cc4s3)c(Cl)c2)cc1. The topological polar surface area (TPSA) is 85.4 Å². The number of nitrogens with zero attached hydrogens (tertiary/aromatic N) is 1. The highest BCUT2D eigenvalue weighted by molar-refractivity contribution is 7.92. The van der Waals surface area contributed by atoms with Crippen LogP contribution in [0.3, 0.4) is 0 Å². The molecule has 0 atom stereocenters. The number of Topliss-reactive ketones (excluding diaryl/α,β-unsaturated/α-hetero) is 1. The summed E-state index contributed by atoms with van der Waals surface area (Å²) in [4.78, 5) is 15.7. The fourth-order valence-corrected chi connectivity index (χ4v) is 5.51. The van der Waals surface area contributed by atoms with Gasteiger partial charge < -0.3 is 4.74 Å². The van der Waals surface area contributed by atoms with Crippen LogP contribution in [0.2, 0.25) is 15.1 Å². The largest absolute Gasteiger partial charge is 0.428 e. The van der Waals surface area contributed by atoms with Crippen molar-refractivity contribution >= 4 is 77.9 Å². The van der Waals surface area contributed by atoms with Crippen LogP contribution in [0.4, 0.5) is 5.69 Å². The predicted molar refractivity (Wildman–Crippen MR) is 128 cm³/mol. The summed E-state index contributed by atoms with van der Waals surface area (Å²) in [6.45, 7) is 1.40. The highest BCUT2D eigenvalue weighted by Gasteiger charge is 2.18. The van der Waals surface area contributed by atoms with E-state index in [1.165, 1.54) is 54.7 Å². The second kappa shape index (κ2) is 8.88. The number of sulfonamides is 1. The standard InChI is InChI=1S/C21H13Cl3N2O4S2/c1-11(27)12-2-5-15(6-3-12)32(28,29)26-14-9-16(23)20(17(24)10-14)30-21-25-18-7-4-13(22)8-19(18)31-21/h2-10,26H,1H3. The number of nitrogens with one attached hydrogen (secondary N) is 1. The highest BCUT2D eigenvalue weighted by Crippen LogP contribution is 2.41. The summed E-state index contributed by atoms with van der Waals surface area (Å²) in [6.07, 6.45) is 0. The van der Waals surface area contributed by atoms with Crippen LogP contribution >= 0.6 is 46.1 Å². The number of carbonyl (C=O) groups is 1. The van der Waals surface area contributed by atoms with E-state index < -0.39 is 10.0 Å². The molecule has 0 fully saturated rings. The van der Waals surface area contributed by atoms with E-state index >= 15 is 0 Å². The summed E-state index contributed by atoms with van der Waals surface area (Å²) < 4.78 is 34.4. The highest BCUT2D eigenvalue weighted by atomic mass is 35.5. The monoisotopic (exact) mass is 526 g/mol. The Bertz CT molecular complexity index is 1430. The minimum Gasteiger partial charge on any atom is -0.428 e. The maximum atomic E-state index is 12.7. The van der Waals surface area contributed by atoms with Crippen molar-refractivity contribution in [2.45, 2.75) is 11.8 Å². The number of hydrogen-bond donors (Lipinski definition) is 1. The summed E-state index contributed by atoms with van der Waals surface area (Å²) in [7, 11) is -3.92. The molecule has 6 nitrogen and oxygen atoms in total. The number of hydrogen-bond acceptors (Lipinski definition) is 6. The zero-order valence-corrected chi connectivity index (χ0v) is 20.1. The molecular formula is C21H13Cl3N2O4S2. The Balaban J connectivity index is 1.58. The smallest absolute Gasteiger partial charge is 0.279 e. The number of rotatable bonds is 6. The molecule has 32 heavy (non-hydrogen) atoms. The van der Waals surface area contributed by atoms with Crippen LogP contribution < -0.4 is 9.46 Å². The van der Waals surface area contributed by atoms with Gasteiger partial charge in [-0.05, 0) is 49.4 Å². The van der Waals surface area contributed by atoms with Crippen molar-refractivity contribution in [2.75, 3.05) is 4.72 Å². The normalized spacial score (nSPS) is 11.5. The Kier molecular flexibility index (Phi) is 6.33. The summed E-state index contributed by atoms with van der Waals surface area (Å²) in [6, 6.07) is 13.6. The van der Waals surface area contributed by atoms with Gasteiger partial charge in [-0.25, -0.2) is 13.4 Å². The molecule has 0 aliphatic rings. The van der Waals surface area contributed by atoms with Gasteiger partial charge in [-0.2, -0.15) is 0 Å². The van der Waals surface area contributed by atoms with Crippen LogP contribution in [0.1, 0.15) is 17.3 Å². The van der Waals surface area contributed by atoms with Crippen molar-refractivity contribution in [2.24, 2.45) is 0 Å². The van der Waals surface area contributed by atoms with Gasteiger partial charge in [0, 0.05) is 10.6 Å². The Morgan fingerprint density at radius 3 is 2.28 bits per heavy atom. The van der Waals surface area contributed by atoms with E-state index in [9.17, 15) is 13.2 Å². The average molecular weight is 528 g/mol. The third-order valence-electron chi connectivity index (χ3n) is 4.34. The van der Waals surface area contributed by atoms with Gasteiger partial charge in [0.1, 0.15) is 0 Å². The van der Waals surface area contributed by atoms with Crippen molar-refractivity contribution in [1.29, 1.82) is 0 Å². The van der Waals surface area contributed by atoms with E-state index in [1.54, 1.807) is 18.2 Å². The Morgan fingerprint density at radius 1 is 1.00 bits per heavy atom. The molecule has 1 aromatic heterocycles. The lowest BCUT2D eigenvalue weighted by Gasteiger charge is -2.12. The number of thiazole rings is 1. The molecule has 0 radical (unpaired) electrons. The van der Waals surface area contributed by atoms with Gasteiger partial charge in [-0.3, -0.25) is 9.52 Å². The average Bonchev–Trinajstić information content (AvgIpc) is 3.12. The summed E-state index contributed by atoms with van der Waals surface area (Å²) in [5.74, 6) is -0.0143. The lowest BCUT2D eigenvalue weighted by molar-refractivity contribution is 0.101. The number of carbonyl (C=O) groups excluding carboxylic acids is 1. The van der Waals surface area contributed by atoms with Crippen molar-refractivity contribution in [3.05, 3.63) is 75.2 Å². The second-order valence-corrected chi connectivity index (χ2v) is 10.6. The maximum Gasteiger partial charge on any atom is 0.279 e. The zero-order valence-electron chi connectivity index (χ0n) is 16.2. The van der Waals surface area contributed by atoms with Crippen molar-refractivity contribution < 1.29 is 17.9 Å². The first-order valence-electron chi connectivity index (χ1n) is 8.99. The van der Waals surface area contributed by atoms with Crippen LogP contribution in [0.5, 0.6) is 10.9 Å². The Hall–Kier alpha value is -2.36. The predicted octanol–water partition coefficient (Wildman–Crippen LogP) is 7.05. The maximum absolute atomic E-state index is 12.7. The molecule has 0 bridgehead atoms. The molecule has 0 unspecified atom stereocenters. The van der Waals surface area contributed by atoms with Gasteiger partial charge in [0.15, 0.2) is 11.5 Å². The van der Waals surface area contributed by atoms with Crippen molar-refractivity contribution in [1.82, 2.24) is 4.98 Å². The van der Waals surface area contributed by atoms with Gasteiger partial charge in [0.25, 0.3) is 15.2 Å².